The predicted molar refractivity (Wildman–Crippen MR) is 60.8 cm³/mol. The molecule has 0 amide bonds. The Kier molecular flexibility index (Phi) is 4.85. The molecule has 6 heteroatoms. The van der Waals surface area contributed by atoms with Crippen molar-refractivity contribution in [1.82, 2.24) is 9.71 Å². The summed E-state index contributed by atoms with van der Waals surface area (Å²) in [4.78, 5) is 3.93. The summed E-state index contributed by atoms with van der Waals surface area (Å²) in [6, 6.07) is 3.65. The highest BCUT2D eigenvalue weighted by atomic mass is 32.2. The number of ether oxygens (including phenoxy) is 1. The first-order chi connectivity index (χ1) is 7.51. The normalized spacial score (nSPS) is 13.6. The van der Waals surface area contributed by atoms with Crippen LogP contribution >= 0.6 is 0 Å². The van der Waals surface area contributed by atoms with Crippen LogP contribution in [-0.2, 0) is 21.4 Å². The molecule has 89 valence electrons. The molecule has 1 unspecified atom stereocenters. The van der Waals surface area contributed by atoms with E-state index >= 15 is 0 Å². The fraction of sp³-hybridized carbons (Fsp3) is 0.400. The van der Waals surface area contributed by atoms with Crippen LogP contribution in [0.4, 0.5) is 0 Å². The lowest BCUT2D eigenvalue weighted by Gasteiger charge is -2.16. The van der Waals surface area contributed by atoms with Crippen LogP contribution in [0.1, 0.15) is 12.0 Å². The molecular formula is C10H15N2O3S. The highest BCUT2D eigenvalue weighted by Crippen LogP contribution is 2.03. The van der Waals surface area contributed by atoms with E-state index in [0.29, 0.717) is 13.0 Å². The van der Waals surface area contributed by atoms with E-state index in [1.807, 2.05) is 6.07 Å². The number of rotatable bonds is 6. The lowest BCUT2D eigenvalue weighted by Crippen LogP contribution is -2.35. The quantitative estimate of drug-likeness (QED) is 0.747. The molecule has 0 fully saturated rings. The first-order valence-electron chi connectivity index (χ1n) is 4.78. The number of pyridine rings is 1. The summed E-state index contributed by atoms with van der Waals surface area (Å²) in [5, 5.41) is 0. The van der Waals surface area contributed by atoms with Crippen LogP contribution in [0.15, 0.2) is 24.5 Å². The number of hydrogen-bond donors (Lipinski definition) is 1. The van der Waals surface area contributed by atoms with Crippen LogP contribution in [-0.4, -0.2) is 25.9 Å². The molecule has 0 aliphatic rings. The maximum Gasteiger partial charge on any atom is 0.210 e. The van der Waals surface area contributed by atoms with Gasteiger partial charge in [0, 0.05) is 12.4 Å². The summed E-state index contributed by atoms with van der Waals surface area (Å²) >= 11 is 0. The first-order valence-corrected chi connectivity index (χ1v) is 6.67. The Morgan fingerprint density at radius 1 is 1.62 bits per heavy atom. The standard InChI is InChI=1S/C10H15N2O3S/c1-3-10(12-16(2,13)14)15-8-9-5-4-6-11-7-9/h4-7,10,12H,1,3,8H2,2H3. The van der Waals surface area contributed by atoms with E-state index in [-0.39, 0.29) is 0 Å². The molecule has 1 atom stereocenters. The van der Waals surface area contributed by atoms with Gasteiger partial charge in [-0.05, 0) is 25.0 Å². The third-order valence-corrected chi connectivity index (χ3v) is 2.47. The molecule has 0 aliphatic carbocycles. The molecule has 1 aromatic heterocycles. The fourth-order valence-electron chi connectivity index (χ4n) is 1.10. The van der Waals surface area contributed by atoms with E-state index in [0.717, 1.165) is 11.8 Å². The van der Waals surface area contributed by atoms with Crippen molar-refractivity contribution in [3.8, 4) is 0 Å². The largest absolute Gasteiger partial charge is 0.358 e. The monoisotopic (exact) mass is 243 g/mol. The average molecular weight is 243 g/mol. The van der Waals surface area contributed by atoms with Crippen LogP contribution in [0.3, 0.4) is 0 Å². The SMILES string of the molecule is [CH2]CC(NS(C)(=O)=O)OCc1cccnc1. The Labute approximate surface area is 95.9 Å². The smallest absolute Gasteiger partial charge is 0.210 e. The Hall–Kier alpha value is -0.980. The molecule has 1 heterocycles. The highest BCUT2D eigenvalue weighted by molar-refractivity contribution is 7.88. The van der Waals surface area contributed by atoms with Gasteiger partial charge < -0.3 is 4.74 Å². The molecule has 1 radical (unpaired) electrons. The third kappa shape index (κ3) is 5.20. The van der Waals surface area contributed by atoms with Gasteiger partial charge in [0.25, 0.3) is 0 Å². The van der Waals surface area contributed by atoms with Crippen LogP contribution in [0, 0.1) is 6.92 Å². The molecule has 0 saturated carbocycles. The van der Waals surface area contributed by atoms with Crippen LogP contribution in [0.2, 0.25) is 0 Å². The summed E-state index contributed by atoms with van der Waals surface area (Å²) < 4.78 is 29.7. The van der Waals surface area contributed by atoms with Crippen molar-refractivity contribution >= 4 is 10.0 Å². The minimum atomic E-state index is -3.27. The van der Waals surface area contributed by atoms with Crippen molar-refractivity contribution in [3.63, 3.8) is 0 Å². The van der Waals surface area contributed by atoms with Crippen LogP contribution in [0.5, 0.6) is 0 Å². The van der Waals surface area contributed by atoms with Gasteiger partial charge in [-0.25, -0.2) is 8.42 Å². The summed E-state index contributed by atoms with van der Waals surface area (Å²) in [5.74, 6) is 0. The third-order valence-electron chi connectivity index (χ3n) is 1.78. The van der Waals surface area contributed by atoms with Gasteiger partial charge in [0.2, 0.25) is 10.0 Å². The summed E-state index contributed by atoms with van der Waals surface area (Å²) in [6.07, 6.45) is 4.14. The predicted octanol–water partition coefficient (Wildman–Crippen LogP) is 0.698. The van der Waals surface area contributed by atoms with Crippen molar-refractivity contribution in [1.29, 1.82) is 0 Å². The van der Waals surface area contributed by atoms with Gasteiger partial charge >= 0.3 is 0 Å². The van der Waals surface area contributed by atoms with Crippen molar-refractivity contribution in [2.45, 2.75) is 19.3 Å². The molecule has 0 aliphatic heterocycles. The molecule has 16 heavy (non-hydrogen) atoms. The first kappa shape index (κ1) is 13.1. The number of hydrogen-bond acceptors (Lipinski definition) is 4. The maximum atomic E-state index is 11.0. The van der Waals surface area contributed by atoms with Gasteiger partial charge in [-0.15, -0.1) is 0 Å². The highest BCUT2D eigenvalue weighted by Gasteiger charge is 2.11. The summed E-state index contributed by atoms with van der Waals surface area (Å²) in [5.41, 5.74) is 0.885. The average Bonchev–Trinajstić information content (AvgIpc) is 2.24. The Balaban J connectivity index is 2.46. The zero-order valence-corrected chi connectivity index (χ0v) is 9.90. The molecule has 1 aromatic rings. The number of nitrogens with one attached hydrogen (secondary N) is 1. The number of aromatic nitrogens is 1. The van der Waals surface area contributed by atoms with Gasteiger partial charge in [-0.2, -0.15) is 4.72 Å². The fourth-order valence-corrected chi connectivity index (χ4v) is 1.76. The van der Waals surface area contributed by atoms with Gasteiger partial charge in [0.15, 0.2) is 0 Å². The zero-order valence-electron chi connectivity index (χ0n) is 9.09. The van der Waals surface area contributed by atoms with E-state index in [4.69, 9.17) is 4.74 Å². The summed E-state index contributed by atoms with van der Waals surface area (Å²) in [7, 11) is -3.27. The topological polar surface area (TPSA) is 68.3 Å². The molecular weight excluding hydrogens is 228 g/mol. The molecule has 1 N–H and O–H groups in total. The van der Waals surface area contributed by atoms with Gasteiger partial charge in [-0.1, -0.05) is 6.07 Å². The number of nitrogens with zero attached hydrogens (tertiary/aromatic N) is 1. The van der Waals surface area contributed by atoms with E-state index in [2.05, 4.69) is 16.6 Å². The molecule has 0 aromatic carbocycles. The van der Waals surface area contributed by atoms with E-state index in [1.54, 1.807) is 18.5 Å². The lowest BCUT2D eigenvalue weighted by atomic mass is 10.3. The minimum absolute atomic E-state index is 0.302. The molecule has 1 rings (SSSR count). The Morgan fingerprint density at radius 2 is 2.38 bits per heavy atom. The Morgan fingerprint density at radius 3 is 2.88 bits per heavy atom. The lowest BCUT2D eigenvalue weighted by molar-refractivity contribution is 0.0349. The minimum Gasteiger partial charge on any atom is -0.358 e. The van der Waals surface area contributed by atoms with Crippen molar-refractivity contribution in [2.24, 2.45) is 0 Å². The molecule has 5 nitrogen and oxygen atoms in total. The van der Waals surface area contributed by atoms with E-state index in [1.165, 1.54) is 0 Å². The second kappa shape index (κ2) is 5.93. The van der Waals surface area contributed by atoms with Crippen molar-refractivity contribution in [3.05, 3.63) is 37.0 Å². The molecule has 0 saturated heterocycles. The van der Waals surface area contributed by atoms with Gasteiger partial charge in [-0.3, -0.25) is 4.98 Å². The van der Waals surface area contributed by atoms with Crippen LogP contribution in [0.25, 0.3) is 0 Å². The second-order valence-electron chi connectivity index (χ2n) is 3.34. The van der Waals surface area contributed by atoms with Gasteiger partial charge in [0.1, 0.15) is 6.23 Å². The second-order valence-corrected chi connectivity index (χ2v) is 5.12. The number of sulfonamides is 1. The van der Waals surface area contributed by atoms with E-state index in [9.17, 15) is 8.42 Å². The maximum absolute atomic E-state index is 11.0. The molecule has 0 spiro atoms. The van der Waals surface area contributed by atoms with Gasteiger partial charge in [0.05, 0.1) is 12.9 Å². The van der Waals surface area contributed by atoms with Crippen molar-refractivity contribution in [2.75, 3.05) is 6.26 Å². The van der Waals surface area contributed by atoms with Crippen LogP contribution < -0.4 is 4.72 Å². The molecule has 0 bridgehead atoms. The summed E-state index contributed by atoms with van der Waals surface area (Å²) in [6.45, 7) is 3.92. The van der Waals surface area contributed by atoms with E-state index < -0.39 is 16.3 Å². The Bertz CT molecular complexity index is 405. The zero-order chi connectivity index (χ0) is 12.0. The van der Waals surface area contributed by atoms with Crippen molar-refractivity contribution < 1.29 is 13.2 Å².